The lowest BCUT2D eigenvalue weighted by Gasteiger charge is -2.27. The van der Waals surface area contributed by atoms with Crippen LogP contribution in [0, 0.1) is 5.92 Å². The molecule has 0 aliphatic carbocycles. The first kappa shape index (κ1) is 15.4. The Hall–Kier alpha value is -0.970. The van der Waals surface area contributed by atoms with Crippen LogP contribution in [0.4, 0.5) is 0 Å². The fraction of sp³-hybridized carbons (Fsp3) is 0.500. The highest BCUT2D eigenvalue weighted by atomic mass is 35.5. The molecule has 1 heterocycles. The smallest absolute Gasteiger partial charge is 0.220 e. The molecule has 0 saturated carbocycles. The number of quaternary nitrogens is 1. The number of amides is 1. The van der Waals surface area contributed by atoms with Crippen LogP contribution >= 0.6 is 23.2 Å². The molecular formula is C14H19Cl2N2O2+. The summed E-state index contributed by atoms with van der Waals surface area (Å²) >= 11 is 11.9. The molecule has 0 bridgehead atoms. The molecule has 1 fully saturated rings. The molecule has 0 unspecified atom stereocenters. The van der Waals surface area contributed by atoms with Gasteiger partial charge in [0, 0.05) is 23.8 Å². The summed E-state index contributed by atoms with van der Waals surface area (Å²) in [6.07, 6.45) is 1.73. The zero-order valence-corrected chi connectivity index (χ0v) is 12.7. The molecule has 1 aromatic carbocycles. The standard InChI is InChI=1S/C14H18Cl2N2O2/c15-11-1-2-13(12(16)9-11)20-8-7-18-5-3-10(4-6-18)14(17)19/h1-2,9-10H,3-8H2,(H2,17,19)/p+1. The summed E-state index contributed by atoms with van der Waals surface area (Å²) in [5.41, 5.74) is 5.32. The van der Waals surface area contributed by atoms with Gasteiger partial charge in [-0.25, -0.2) is 0 Å². The average molecular weight is 318 g/mol. The molecule has 0 atom stereocenters. The lowest BCUT2D eigenvalue weighted by Crippen LogP contribution is -3.13. The van der Waals surface area contributed by atoms with Crippen LogP contribution in [-0.4, -0.2) is 32.1 Å². The monoisotopic (exact) mass is 317 g/mol. The van der Waals surface area contributed by atoms with Crippen molar-refractivity contribution in [3.63, 3.8) is 0 Å². The molecule has 1 aliphatic heterocycles. The van der Waals surface area contributed by atoms with Gasteiger partial charge in [-0.1, -0.05) is 23.2 Å². The van der Waals surface area contributed by atoms with Crippen LogP contribution in [0.5, 0.6) is 5.75 Å². The molecule has 4 nitrogen and oxygen atoms in total. The molecule has 1 saturated heterocycles. The van der Waals surface area contributed by atoms with Gasteiger partial charge in [-0.15, -0.1) is 0 Å². The molecule has 0 radical (unpaired) electrons. The Morgan fingerprint density at radius 2 is 2.05 bits per heavy atom. The number of likely N-dealkylation sites (tertiary alicyclic amines) is 1. The quantitative estimate of drug-likeness (QED) is 0.856. The van der Waals surface area contributed by atoms with E-state index in [0.29, 0.717) is 22.4 Å². The van der Waals surface area contributed by atoms with E-state index in [-0.39, 0.29) is 11.8 Å². The molecular weight excluding hydrogens is 299 g/mol. The van der Waals surface area contributed by atoms with Gasteiger partial charge in [-0.05, 0) is 18.2 Å². The molecule has 1 amide bonds. The first-order valence-electron chi connectivity index (χ1n) is 6.77. The number of carbonyl (C=O) groups is 1. The fourth-order valence-electron chi connectivity index (χ4n) is 2.46. The maximum Gasteiger partial charge on any atom is 0.220 e. The Bertz CT molecular complexity index is 474. The van der Waals surface area contributed by atoms with Gasteiger partial charge in [0.1, 0.15) is 18.9 Å². The van der Waals surface area contributed by atoms with Crippen molar-refractivity contribution in [2.45, 2.75) is 12.8 Å². The van der Waals surface area contributed by atoms with E-state index in [1.807, 2.05) is 0 Å². The van der Waals surface area contributed by atoms with Crippen molar-refractivity contribution < 1.29 is 14.4 Å². The summed E-state index contributed by atoms with van der Waals surface area (Å²) in [6, 6.07) is 5.21. The maximum absolute atomic E-state index is 11.1. The third-order valence-corrected chi connectivity index (χ3v) is 4.23. The number of carbonyl (C=O) groups excluding carboxylic acids is 1. The number of nitrogens with two attached hydrogens (primary N) is 1. The number of hydrogen-bond donors (Lipinski definition) is 2. The zero-order chi connectivity index (χ0) is 14.5. The minimum Gasteiger partial charge on any atom is -0.486 e. The first-order chi connectivity index (χ1) is 9.56. The number of benzene rings is 1. The van der Waals surface area contributed by atoms with Crippen molar-refractivity contribution in [1.29, 1.82) is 0 Å². The maximum atomic E-state index is 11.1. The highest BCUT2D eigenvalue weighted by molar-refractivity contribution is 6.35. The zero-order valence-electron chi connectivity index (χ0n) is 11.2. The average Bonchev–Trinajstić information content (AvgIpc) is 2.42. The van der Waals surface area contributed by atoms with Crippen molar-refractivity contribution in [3.8, 4) is 5.75 Å². The van der Waals surface area contributed by atoms with E-state index < -0.39 is 0 Å². The van der Waals surface area contributed by atoms with Crippen LogP contribution in [-0.2, 0) is 4.79 Å². The lowest BCUT2D eigenvalue weighted by molar-refractivity contribution is -0.905. The van der Waals surface area contributed by atoms with Gasteiger partial charge in [0.05, 0.1) is 18.1 Å². The minimum absolute atomic E-state index is 0.0466. The Kier molecular flexibility index (Phi) is 5.52. The minimum atomic E-state index is -0.173. The van der Waals surface area contributed by atoms with Gasteiger partial charge >= 0.3 is 0 Å². The normalized spacial score (nSPS) is 22.5. The van der Waals surface area contributed by atoms with E-state index in [1.54, 1.807) is 18.2 Å². The topological polar surface area (TPSA) is 56.8 Å². The van der Waals surface area contributed by atoms with Crippen LogP contribution < -0.4 is 15.4 Å². The second-order valence-corrected chi connectivity index (χ2v) is 5.94. The van der Waals surface area contributed by atoms with Crippen LogP contribution in [0.1, 0.15) is 12.8 Å². The Morgan fingerprint density at radius 1 is 1.35 bits per heavy atom. The van der Waals surface area contributed by atoms with Gasteiger partial charge in [-0.3, -0.25) is 4.79 Å². The van der Waals surface area contributed by atoms with Gasteiger partial charge in [0.25, 0.3) is 0 Å². The van der Waals surface area contributed by atoms with E-state index in [0.717, 1.165) is 32.5 Å². The van der Waals surface area contributed by atoms with Gasteiger partial charge in [0.2, 0.25) is 5.91 Å². The molecule has 0 aromatic heterocycles. The lowest BCUT2D eigenvalue weighted by atomic mass is 9.96. The summed E-state index contributed by atoms with van der Waals surface area (Å²) in [4.78, 5) is 12.5. The number of hydrogen-bond acceptors (Lipinski definition) is 2. The molecule has 6 heteroatoms. The summed E-state index contributed by atoms with van der Waals surface area (Å²) in [5.74, 6) is 0.529. The predicted molar refractivity (Wildman–Crippen MR) is 79.4 cm³/mol. The van der Waals surface area contributed by atoms with E-state index in [4.69, 9.17) is 33.7 Å². The Labute approximate surface area is 128 Å². The number of halogens is 2. The summed E-state index contributed by atoms with van der Waals surface area (Å²) < 4.78 is 5.67. The van der Waals surface area contributed by atoms with Crippen LogP contribution in [0.15, 0.2) is 18.2 Å². The van der Waals surface area contributed by atoms with E-state index in [9.17, 15) is 4.79 Å². The van der Waals surface area contributed by atoms with Crippen molar-refractivity contribution in [3.05, 3.63) is 28.2 Å². The van der Waals surface area contributed by atoms with E-state index in [1.165, 1.54) is 4.90 Å². The summed E-state index contributed by atoms with van der Waals surface area (Å²) in [5, 5.41) is 1.13. The van der Waals surface area contributed by atoms with Crippen molar-refractivity contribution in [2.75, 3.05) is 26.2 Å². The Morgan fingerprint density at radius 3 is 2.65 bits per heavy atom. The molecule has 20 heavy (non-hydrogen) atoms. The molecule has 110 valence electrons. The second kappa shape index (κ2) is 7.16. The van der Waals surface area contributed by atoms with Gasteiger partial charge < -0.3 is 15.4 Å². The number of primary amides is 1. The second-order valence-electron chi connectivity index (χ2n) is 5.10. The van der Waals surface area contributed by atoms with Crippen LogP contribution in [0.2, 0.25) is 10.0 Å². The van der Waals surface area contributed by atoms with Crippen molar-refractivity contribution in [1.82, 2.24) is 0 Å². The fourth-order valence-corrected chi connectivity index (χ4v) is 2.92. The summed E-state index contributed by atoms with van der Waals surface area (Å²) in [7, 11) is 0. The molecule has 1 aromatic rings. The summed E-state index contributed by atoms with van der Waals surface area (Å²) in [6.45, 7) is 3.42. The van der Waals surface area contributed by atoms with Crippen molar-refractivity contribution >= 4 is 29.1 Å². The number of rotatable bonds is 5. The van der Waals surface area contributed by atoms with E-state index in [2.05, 4.69) is 0 Å². The van der Waals surface area contributed by atoms with Crippen molar-refractivity contribution in [2.24, 2.45) is 11.7 Å². The third-order valence-electron chi connectivity index (χ3n) is 3.70. The largest absolute Gasteiger partial charge is 0.486 e. The first-order valence-corrected chi connectivity index (χ1v) is 7.52. The number of piperidine rings is 1. The molecule has 2 rings (SSSR count). The predicted octanol–water partition coefficient (Wildman–Crippen LogP) is 1.15. The molecule has 0 spiro atoms. The highest BCUT2D eigenvalue weighted by Gasteiger charge is 2.25. The van der Waals surface area contributed by atoms with Gasteiger partial charge in [0.15, 0.2) is 0 Å². The molecule has 1 aliphatic rings. The van der Waals surface area contributed by atoms with Crippen LogP contribution in [0.25, 0.3) is 0 Å². The van der Waals surface area contributed by atoms with Crippen LogP contribution in [0.3, 0.4) is 0 Å². The molecule has 3 N–H and O–H groups in total. The highest BCUT2D eigenvalue weighted by Crippen LogP contribution is 2.27. The van der Waals surface area contributed by atoms with E-state index >= 15 is 0 Å². The number of ether oxygens (including phenoxy) is 1. The SMILES string of the molecule is NC(=O)C1CC[NH+](CCOc2ccc(Cl)cc2Cl)CC1. The Balaban J connectivity index is 1.73. The third kappa shape index (κ3) is 4.27. The van der Waals surface area contributed by atoms with Gasteiger partial charge in [-0.2, -0.15) is 0 Å². The number of nitrogens with one attached hydrogen (secondary N) is 1.